The van der Waals surface area contributed by atoms with Gasteiger partial charge in [0.25, 0.3) is 5.56 Å². The molecule has 0 bridgehead atoms. The number of hydrogen-bond acceptors (Lipinski definition) is 6. The maximum absolute atomic E-state index is 12.3. The van der Waals surface area contributed by atoms with E-state index in [2.05, 4.69) is 20.5 Å². The highest BCUT2D eigenvalue weighted by atomic mass is 32.1. The van der Waals surface area contributed by atoms with Gasteiger partial charge < -0.3 is 19.9 Å². The van der Waals surface area contributed by atoms with Gasteiger partial charge in [-0.2, -0.15) is 0 Å². The van der Waals surface area contributed by atoms with Gasteiger partial charge in [0.1, 0.15) is 0 Å². The van der Waals surface area contributed by atoms with E-state index in [-0.39, 0.29) is 30.0 Å². The molecule has 1 aliphatic heterocycles. The van der Waals surface area contributed by atoms with Gasteiger partial charge in [-0.05, 0) is 13.3 Å². The first kappa shape index (κ1) is 16.9. The first-order valence-corrected chi connectivity index (χ1v) is 8.69. The molecule has 0 aliphatic carbocycles. The molecule has 9 heteroatoms. The van der Waals surface area contributed by atoms with Crippen LogP contribution in [0.2, 0.25) is 0 Å². The second kappa shape index (κ2) is 7.73. The molecular weight excluding hydrogens is 332 g/mol. The highest BCUT2D eigenvalue weighted by Gasteiger charge is 2.28. The van der Waals surface area contributed by atoms with E-state index in [0.29, 0.717) is 37.5 Å². The number of aromatic amines is 2. The Morgan fingerprint density at radius 1 is 1.54 bits per heavy atom. The molecule has 0 saturated carbocycles. The average Bonchev–Trinajstić information content (AvgIpc) is 3.19. The van der Waals surface area contributed by atoms with Crippen molar-refractivity contribution >= 4 is 17.2 Å². The Morgan fingerprint density at radius 3 is 3.12 bits per heavy atom. The number of rotatable bonds is 6. The Hall–Kier alpha value is -1.97. The van der Waals surface area contributed by atoms with Crippen LogP contribution in [0.15, 0.2) is 15.7 Å². The Kier molecular flexibility index (Phi) is 5.44. The molecule has 1 amide bonds. The van der Waals surface area contributed by atoms with Gasteiger partial charge in [-0.3, -0.25) is 14.7 Å². The van der Waals surface area contributed by atoms with Crippen molar-refractivity contribution in [2.24, 2.45) is 0 Å². The summed E-state index contributed by atoms with van der Waals surface area (Å²) < 4.78 is 11.3. The first-order valence-electron chi connectivity index (χ1n) is 7.75. The Labute approximate surface area is 142 Å². The van der Waals surface area contributed by atoms with E-state index >= 15 is 0 Å². The predicted octanol–water partition coefficient (Wildman–Crippen LogP) is 0.501. The minimum Gasteiger partial charge on any atom is -0.379 e. The molecule has 3 heterocycles. The van der Waals surface area contributed by atoms with Crippen LogP contribution in [0.5, 0.6) is 0 Å². The minimum atomic E-state index is -0.265. The van der Waals surface area contributed by atoms with E-state index in [0.717, 1.165) is 5.69 Å². The zero-order valence-electron chi connectivity index (χ0n) is 13.3. The Bertz CT molecular complexity index is 724. The molecule has 1 aliphatic rings. The molecule has 2 aromatic heterocycles. The minimum absolute atomic E-state index is 0.0278. The van der Waals surface area contributed by atoms with Crippen molar-refractivity contribution in [3.05, 3.63) is 38.2 Å². The number of ether oxygens (including phenoxy) is 2. The van der Waals surface area contributed by atoms with Gasteiger partial charge >= 0.3 is 0 Å². The fourth-order valence-corrected chi connectivity index (χ4v) is 3.20. The summed E-state index contributed by atoms with van der Waals surface area (Å²) in [5.41, 5.74) is 3.50. The zero-order valence-corrected chi connectivity index (χ0v) is 14.1. The maximum atomic E-state index is 12.3. The number of thiazole rings is 1. The summed E-state index contributed by atoms with van der Waals surface area (Å²) in [6.07, 6.45) is 0.605. The van der Waals surface area contributed by atoms with Crippen LogP contribution in [-0.2, 0) is 27.3 Å². The topological polar surface area (TPSA) is 109 Å². The SMILES string of the molecule is Cc1[nH][nH]c(=O)c1CC(=O)N[C@@H]1COCC[C@@H]1OCc1cscn1. The fourth-order valence-electron chi connectivity index (χ4n) is 2.66. The molecular formula is C15H20N4O4S. The van der Waals surface area contributed by atoms with Crippen LogP contribution in [0.25, 0.3) is 0 Å². The van der Waals surface area contributed by atoms with Crippen LogP contribution in [0.3, 0.4) is 0 Å². The summed E-state index contributed by atoms with van der Waals surface area (Å²) >= 11 is 1.52. The van der Waals surface area contributed by atoms with E-state index in [9.17, 15) is 9.59 Å². The van der Waals surface area contributed by atoms with E-state index in [1.54, 1.807) is 12.4 Å². The van der Waals surface area contributed by atoms with Gasteiger partial charge in [-0.15, -0.1) is 11.3 Å². The van der Waals surface area contributed by atoms with Gasteiger partial charge in [-0.1, -0.05) is 0 Å². The smallest absolute Gasteiger partial charge is 0.267 e. The summed E-state index contributed by atoms with van der Waals surface area (Å²) in [4.78, 5) is 28.1. The highest BCUT2D eigenvalue weighted by molar-refractivity contribution is 7.07. The molecule has 0 spiro atoms. The van der Waals surface area contributed by atoms with Gasteiger partial charge in [0.05, 0.1) is 43.0 Å². The van der Waals surface area contributed by atoms with Crippen LogP contribution < -0.4 is 10.9 Å². The van der Waals surface area contributed by atoms with Crippen LogP contribution >= 0.6 is 11.3 Å². The number of nitrogens with one attached hydrogen (secondary N) is 3. The average molecular weight is 352 g/mol. The molecule has 130 valence electrons. The van der Waals surface area contributed by atoms with Crippen LogP contribution in [-0.4, -0.2) is 46.4 Å². The number of carbonyl (C=O) groups excluding carboxylic acids is 1. The van der Waals surface area contributed by atoms with Gasteiger partial charge in [0, 0.05) is 23.2 Å². The molecule has 0 radical (unpaired) electrons. The maximum Gasteiger partial charge on any atom is 0.267 e. The number of carbonyl (C=O) groups is 1. The summed E-state index contributed by atoms with van der Waals surface area (Å²) in [6.45, 7) is 3.17. The Morgan fingerprint density at radius 2 is 2.42 bits per heavy atom. The Balaban J connectivity index is 1.56. The molecule has 8 nitrogen and oxygen atoms in total. The quantitative estimate of drug-likeness (QED) is 0.701. The predicted molar refractivity (Wildman–Crippen MR) is 87.9 cm³/mol. The van der Waals surface area contributed by atoms with E-state index in [1.807, 2.05) is 5.38 Å². The monoisotopic (exact) mass is 352 g/mol. The number of aromatic nitrogens is 3. The van der Waals surface area contributed by atoms with Crippen LogP contribution in [0.1, 0.15) is 23.4 Å². The van der Waals surface area contributed by atoms with Crippen molar-refractivity contribution < 1.29 is 14.3 Å². The lowest BCUT2D eigenvalue weighted by molar-refractivity contribution is -0.126. The standard InChI is InChI=1S/C15H20N4O4S/c1-9-11(15(21)19-18-9)4-14(20)17-12-6-22-3-2-13(12)23-5-10-7-24-8-16-10/h7-8,12-13H,2-6H2,1H3,(H,17,20)(H2,18,19,21)/t12-,13+/m1/s1. The van der Waals surface area contributed by atoms with Gasteiger partial charge in [0.2, 0.25) is 5.91 Å². The lowest BCUT2D eigenvalue weighted by atomic mass is 10.1. The number of nitrogens with zero attached hydrogens (tertiary/aromatic N) is 1. The van der Waals surface area contributed by atoms with Crippen molar-refractivity contribution in [1.82, 2.24) is 20.5 Å². The lowest BCUT2D eigenvalue weighted by Gasteiger charge is -2.32. The van der Waals surface area contributed by atoms with Crippen LogP contribution in [0, 0.1) is 6.92 Å². The molecule has 0 unspecified atom stereocenters. The van der Waals surface area contributed by atoms with Crippen molar-refractivity contribution in [1.29, 1.82) is 0 Å². The van der Waals surface area contributed by atoms with E-state index in [1.165, 1.54) is 11.3 Å². The molecule has 1 fully saturated rings. The second-order valence-electron chi connectivity index (χ2n) is 5.73. The third-order valence-electron chi connectivity index (χ3n) is 4.00. The third-order valence-corrected chi connectivity index (χ3v) is 4.63. The lowest BCUT2D eigenvalue weighted by Crippen LogP contribution is -2.51. The van der Waals surface area contributed by atoms with Crippen LogP contribution in [0.4, 0.5) is 0 Å². The number of hydrogen-bond donors (Lipinski definition) is 3. The van der Waals surface area contributed by atoms with Crippen molar-refractivity contribution in [2.75, 3.05) is 13.2 Å². The van der Waals surface area contributed by atoms with Crippen molar-refractivity contribution in [3.63, 3.8) is 0 Å². The second-order valence-corrected chi connectivity index (χ2v) is 6.44. The summed E-state index contributed by atoms with van der Waals surface area (Å²) in [6, 6.07) is -0.233. The fraction of sp³-hybridized carbons (Fsp3) is 0.533. The van der Waals surface area contributed by atoms with Crippen molar-refractivity contribution in [2.45, 2.75) is 38.5 Å². The molecule has 3 rings (SSSR count). The molecule has 2 atom stereocenters. The number of aryl methyl sites for hydroxylation is 1. The van der Waals surface area contributed by atoms with E-state index < -0.39 is 0 Å². The summed E-state index contributed by atoms with van der Waals surface area (Å²) in [5.74, 6) is -0.221. The normalized spacial score (nSPS) is 20.9. The zero-order chi connectivity index (χ0) is 16.9. The third kappa shape index (κ3) is 4.11. The molecule has 1 saturated heterocycles. The number of H-pyrrole nitrogens is 2. The van der Waals surface area contributed by atoms with E-state index in [4.69, 9.17) is 9.47 Å². The number of amides is 1. The first-order chi connectivity index (χ1) is 11.6. The van der Waals surface area contributed by atoms with Gasteiger partial charge in [0.15, 0.2) is 0 Å². The highest BCUT2D eigenvalue weighted by Crippen LogP contribution is 2.15. The molecule has 2 aromatic rings. The van der Waals surface area contributed by atoms with Gasteiger partial charge in [-0.25, -0.2) is 4.98 Å². The largest absolute Gasteiger partial charge is 0.379 e. The summed E-state index contributed by atoms with van der Waals surface area (Å²) in [5, 5.41) is 10.0. The molecule has 24 heavy (non-hydrogen) atoms. The molecule has 0 aromatic carbocycles. The van der Waals surface area contributed by atoms with Crippen molar-refractivity contribution in [3.8, 4) is 0 Å². The molecule has 3 N–H and O–H groups in total. The summed E-state index contributed by atoms with van der Waals surface area (Å²) in [7, 11) is 0.